The Labute approximate surface area is 201 Å². The van der Waals surface area contributed by atoms with Crippen LogP contribution < -0.4 is 0 Å². The maximum absolute atomic E-state index is 13.1. The van der Waals surface area contributed by atoms with E-state index in [1.807, 2.05) is 25.7 Å². The second-order valence-corrected chi connectivity index (χ2v) is 10.8. The van der Waals surface area contributed by atoms with Gasteiger partial charge in [-0.2, -0.15) is 0 Å². The predicted octanol–water partition coefficient (Wildman–Crippen LogP) is 3.10. The standard InChI is InChI=1S/C26H34O8/c1-9-18(27)31-17-24(11-3,12-4)33-20(29)22(5,6)13-23(7,8)21(30)34-26-14-25(15-26,16-26)32-19(28)10-2/h1-2H,11-17H2,3-8H3. The first-order chi connectivity index (χ1) is 15.6. The molecule has 34 heavy (non-hydrogen) atoms. The lowest BCUT2D eigenvalue weighted by molar-refractivity contribution is -0.311. The smallest absolute Gasteiger partial charge is 0.384 e. The molecule has 0 aromatic rings. The van der Waals surface area contributed by atoms with Crippen LogP contribution in [0, 0.1) is 35.5 Å². The monoisotopic (exact) mass is 474 g/mol. The summed E-state index contributed by atoms with van der Waals surface area (Å²) in [7, 11) is 0. The highest BCUT2D eigenvalue weighted by atomic mass is 16.6. The molecule has 3 saturated carbocycles. The van der Waals surface area contributed by atoms with Crippen LogP contribution in [-0.4, -0.2) is 47.3 Å². The van der Waals surface area contributed by atoms with E-state index in [0.29, 0.717) is 32.1 Å². The molecule has 8 heteroatoms. The summed E-state index contributed by atoms with van der Waals surface area (Å²) in [6.45, 7) is 10.3. The molecule has 0 N–H and O–H groups in total. The largest absolute Gasteiger partial charge is 0.458 e. The molecule has 8 nitrogen and oxygen atoms in total. The van der Waals surface area contributed by atoms with Gasteiger partial charge in [0.1, 0.15) is 23.4 Å². The maximum Gasteiger partial charge on any atom is 0.384 e. The number of esters is 4. The van der Waals surface area contributed by atoms with Gasteiger partial charge in [0.15, 0.2) is 0 Å². The summed E-state index contributed by atoms with van der Waals surface area (Å²) in [5, 5.41) is 0. The summed E-state index contributed by atoms with van der Waals surface area (Å²) in [5.74, 6) is 1.30. The average Bonchev–Trinajstić information content (AvgIpc) is 2.72. The van der Waals surface area contributed by atoms with Gasteiger partial charge in [-0.25, -0.2) is 9.59 Å². The Morgan fingerprint density at radius 2 is 1.26 bits per heavy atom. The minimum atomic E-state index is -1.03. The van der Waals surface area contributed by atoms with Crippen molar-refractivity contribution < 1.29 is 38.1 Å². The van der Waals surface area contributed by atoms with E-state index in [9.17, 15) is 19.2 Å². The fraction of sp³-hybridized carbons (Fsp3) is 0.692. The average molecular weight is 475 g/mol. The Morgan fingerprint density at radius 3 is 1.74 bits per heavy atom. The van der Waals surface area contributed by atoms with Crippen molar-refractivity contribution >= 4 is 23.9 Å². The number of hydrogen-bond acceptors (Lipinski definition) is 8. The summed E-state index contributed by atoms with van der Waals surface area (Å²) >= 11 is 0. The van der Waals surface area contributed by atoms with Gasteiger partial charge in [-0.15, -0.1) is 12.8 Å². The minimum absolute atomic E-state index is 0.148. The van der Waals surface area contributed by atoms with Crippen LogP contribution in [-0.2, 0) is 38.1 Å². The second kappa shape index (κ2) is 9.33. The molecular weight excluding hydrogens is 440 g/mol. The molecule has 3 aliphatic rings. The Hall–Kier alpha value is -3.00. The molecule has 0 atom stereocenters. The molecule has 0 aromatic heterocycles. The molecule has 0 heterocycles. The number of rotatable bonds is 11. The zero-order valence-electron chi connectivity index (χ0n) is 20.9. The van der Waals surface area contributed by atoms with Gasteiger partial charge in [0.2, 0.25) is 0 Å². The molecular formula is C26H34O8. The lowest BCUT2D eigenvalue weighted by Gasteiger charge is -2.67. The second-order valence-electron chi connectivity index (χ2n) is 10.8. The van der Waals surface area contributed by atoms with Gasteiger partial charge in [-0.1, -0.05) is 13.8 Å². The van der Waals surface area contributed by atoms with Crippen molar-refractivity contribution in [1.29, 1.82) is 0 Å². The molecule has 0 amide bonds. The van der Waals surface area contributed by atoms with Crippen molar-refractivity contribution in [3.63, 3.8) is 0 Å². The topological polar surface area (TPSA) is 105 Å². The first-order valence-corrected chi connectivity index (χ1v) is 11.4. The first-order valence-electron chi connectivity index (χ1n) is 11.4. The highest BCUT2D eigenvalue weighted by molar-refractivity contribution is 5.88. The Kier molecular flexibility index (Phi) is 7.48. The van der Waals surface area contributed by atoms with Gasteiger partial charge in [-0.05, 0) is 47.0 Å². The van der Waals surface area contributed by atoms with E-state index >= 15 is 0 Å². The van der Waals surface area contributed by atoms with E-state index in [-0.39, 0.29) is 13.0 Å². The van der Waals surface area contributed by atoms with Crippen LogP contribution in [0.5, 0.6) is 0 Å². The van der Waals surface area contributed by atoms with Crippen molar-refractivity contribution in [2.24, 2.45) is 10.8 Å². The maximum atomic E-state index is 13.1. The molecule has 2 bridgehead atoms. The minimum Gasteiger partial charge on any atom is -0.458 e. The highest BCUT2D eigenvalue weighted by Crippen LogP contribution is 2.65. The fourth-order valence-corrected chi connectivity index (χ4v) is 4.83. The van der Waals surface area contributed by atoms with Crippen molar-refractivity contribution in [1.82, 2.24) is 0 Å². The quantitative estimate of drug-likeness (QED) is 0.195. The van der Waals surface area contributed by atoms with E-state index in [0.717, 1.165) is 0 Å². The third-order valence-electron chi connectivity index (χ3n) is 6.84. The third-order valence-corrected chi connectivity index (χ3v) is 6.84. The van der Waals surface area contributed by atoms with Crippen molar-refractivity contribution in [3.8, 4) is 24.7 Å². The van der Waals surface area contributed by atoms with Crippen LogP contribution in [0.15, 0.2) is 0 Å². The molecule has 186 valence electrons. The van der Waals surface area contributed by atoms with Crippen LogP contribution in [0.1, 0.15) is 80.1 Å². The summed E-state index contributed by atoms with van der Waals surface area (Å²) in [5.41, 5.74) is -4.30. The SMILES string of the molecule is C#CC(=O)OCC(CC)(CC)OC(=O)C(C)(C)CC(C)(C)C(=O)OC12CC(OC(=O)C#C)(C1)C2. The van der Waals surface area contributed by atoms with E-state index in [1.54, 1.807) is 27.7 Å². The number of carbonyl (C=O) groups excluding carboxylic acids is 4. The van der Waals surface area contributed by atoms with Gasteiger partial charge in [-0.3, -0.25) is 9.59 Å². The Balaban J connectivity index is 1.98. The Bertz CT molecular complexity index is 919. The Morgan fingerprint density at radius 1 is 0.794 bits per heavy atom. The van der Waals surface area contributed by atoms with Crippen LogP contribution in [0.4, 0.5) is 0 Å². The van der Waals surface area contributed by atoms with Gasteiger partial charge in [0.05, 0.1) is 10.8 Å². The van der Waals surface area contributed by atoms with E-state index in [1.165, 1.54) is 0 Å². The van der Waals surface area contributed by atoms with Crippen molar-refractivity contribution in [2.75, 3.05) is 6.61 Å². The van der Waals surface area contributed by atoms with Crippen LogP contribution in [0.2, 0.25) is 0 Å². The predicted molar refractivity (Wildman–Crippen MR) is 122 cm³/mol. The van der Waals surface area contributed by atoms with Crippen LogP contribution in [0.3, 0.4) is 0 Å². The number of ether oxygens (including phenoxy) is 4. The van der Waals surface area contributed by atoms with E-state index in [4.69, 9.17) is 31.8 Å². The highest BCUT2D eigenvalue weighted by Gasteiger charge is 2.74. The van der Waals surface area contributed by atoms with Gasteiger partial charge < -0.3 is 18.9 Å². The van der Waals surface area contributed by atoms with Crippen LogP contribution in [0.25, 0.3) is 0 Å². The first kappa shape index (κ1) is 27.2. The van der Waals surface area contributed by atoms with E-state index < -0.39 is 51.5 Å². The summed E-state index contributed by atoms with van der Waals surface area (Å²) in [6, 6.07) is 0. The lowest BCUT2D eigenvalue weighted by Crippen LogP contribution is -2.75. The lowest BCUT2D eigenvalue weighted by atomic mass is 9.48. The summed E-state index contributed by atoms with van der Waals surface area (Å²) < 4.78 is 21.9. The van der Waals surface area contributed by atoms with Gasteiger partial charge in [0.25, 0.3) is 0 Å². The molecule has 0 radical (unpaired) electrons. The van der Waals surface area contributed by atoms with Crippen LogP contribution >= 0.6 is 0 Å². The normalized spacial score (nSPS) is 23.2. The number of carbonyl (C=O) groups is 4. The zero-order valence-corrected chi connectivity index (χ0v) is 20.9. The molecule has 0 aromatic carbocycles. The van der Waals surface area contributed by atoms with Gasteiger partial charge in [0, 0.05) is 31.1 Å². The zero-order chi connectivity index (χ0) is 26.0. The molecule has 3 fully saturated rings. The number of hydrogen-bond donors (Lipinski definition) is 0. The molecule has 3 aliphatic carbocycles. The summed E-state index contributed by atoms with van der Waals surface area (Å²) in [4.78, 5) is 48.9. The molecule has 3 rings (SSSR count). The molecule has 0 unspecified atom stereocenters. The van der Waals surface area contributed by atoms with Gasteiger partial charge >= 0.3 is 23.9 Å². The van der Waals surface area contributed by atoms with Crippen molar-refractivity contribution in [3.05, 3.63) is 0 Å². The molecule has 0 saturated heterocycles. The third kappa shape index (κ3) is 5.55. The number of terminal acetylenes is 2. The van der Waals surface area contributed by atoms with E-state index in [2.05, 4.69) is 0 Å². The molecule has 0 spiro atoms. The summed E-state index contributed by atoms with van der Waals surface area (Å²) in [6.07, 6.45) is 12.4. The molecule has 0 aliphatic heterocycles. The van der Waals surface area contributed by atoms with Crippen molar-refractivity contribution in [2.45, 2.75) is 96.9 Å². The fourth-order valence-electron chi connectivity index (χ4n) is 4.83.